The number of nitrogens with zero attached hydrogens (tertiary/aromatic N) is 1. The van der Waals surface area contributed by atoms with E-state index in [0.717, 1.165) is 45.0 Å². The standard InChI is InChI=1S/C12H17ClN2O/c13-11-2-1-10(12(14)9-11)3-4-15-5-7-16-8-6-15/h1-2,9H,3-8,14H2. The fourth-order valence-electron chi connectivity index (χ4n) is 1.90. The number of ether oxygens (including phenoxy) is 1. The Morgan fingerprint density at radius 3 is 2.75 bits per heavy atom. The van der Waals surface area contributed by atoms with Crippen LogP contribution in [0, 0.1) is 0 Å². The molecule has 0 radical (unpaired) electrons. The predicted molar refractivity (Wildman–Crippen MR) is 66.8 cm³/mol. The lowest BCUT2D eigenvalue weighted by molar-refractivity contribution is 0.0384. The molecule has 3 nitrogen and oxygen atoms in total. The van der Waals surface area contributed by atoms with Gasteiger partial charge in [-0.25, -0.2) is 0 Å². The van der Waals surface area contributed by atoms with Crippen molar-refractivity contribution in [3.8, 4) is 0 Å². The molecule has 1 aromatic rings. The Hall–Kier alpha value is -0.770. The van der Waals surface area contributed by atoms with E-state index < -0.39 is 0 Å². The summed E-state index contributed by atoms with van der Waals surface area (Å²) in [6, 6.07) is 5.72. The van der Waals surface area contributed by atoms with Crippen LogP contribution in [0.2, 0.25) is 5.02 Å². The zero-order chi connectivity index (χ0) is 11.4. The number of rotatable bonds is 3. The van der Waals surface area contributed by atoms with E-state index in [1.807, 2.05) is 18.2 Å². The molecular weight excluding hydrogens is 224 g/mol. The monoisotopic (exact) mass is 240 g/mol. The average molecular weight is 241 g/mol. The Labute approximate surface area is 101 Å². The van der Waals surface area contributed by atoms with Gasteiger partial charge in [0.05, 0.1) is 13.2 Å². The van der Waals surface area contributed by atoms with Crippen LogP contribution in [0.1, 0.15) is 5.56 Å². The predicted octanol–water partition coefficient (Wildman–Crippen LogP) is 1.80. The molecule has 1 aromatic carbocycles. The third-order valence-electron chi connectivity index (χ3n) is 2.91. The summed E-state index contributed by atoms with van der Waals surface area (Å²) in [7, 11) is 0. The maximum absolute atomic E-state index is 5.91. The molecule has 2 N–H and O–H groups in total. The Bertz CT molecular complexity index is 351. The molecule has 1 saturated heterocycles. The third kappa shape index (κ3) is 3.11. The zero-order valence-electron chi connectivity index (χ0n) is 9.29. The fraction of sp³-hybridized carbons (Fsp3) is 0.500. The van der Waals surface area contributed by atoms with Gasteiger partial charge in [0.2, 0.25) is 0 Å². The Balaban J connectivity index is 1.88. The topological polar surface area (TPSA) is 38.5 Å². The molecule has 1 aliphatic rings. The van der Waals surface area contributed by atoms with Crippen molar-refractivity contribution in [2.75, 3.05) is 38.6 Å². The molecule has 0 amide bonds. The molecule has 0 aliphatic carbocycles. The van der Waals surface area contributed by atoms with E-state index in [2.05, 4.69) is 4.90 Å². The van der Waals surface area contributed by atoms with Crippen LogP contribution in [0.3, 0.4) is 0 Å². The highest BCUT2D eigenvalue weighted by Crippen LogP contribution is 2.18. The highest BCUT2D eigenvalue weighted by Gasteiger charge is 2.10. The molecule has 0 spiro atoms. The maximum atomic E-state index is 5.91. The van der Waals surface area contributed by atoms with Gasteiger partial charge in [-0.2, -0.15) is 0 Å². The fourth-order valence-corrected chi connectivity index (χ4v) is 2.08. The number of nitrogens with two attached hydrogens (primary N) is 1. The van der Waals surface area contributed by atoms with Gasteiger partial charge in [0.15, 0.2) is 0 Å². The van der Waals surface area contributed by atoms with E-state index in [1.54, 1.807) is 0 Å². The van der Waals surface area contributed by atoms with Gasteiger partial charge in [-0.1, -0.05) is 17.7 Å². The Morgan fingerprint density at radius 1 is 1.31 bits per heavy atom. The van der Waals surface area contributed by atoms with Crippen LogP contribution in [-0.2, 0) is 11.2 Å². The van der Waals surface area contributed by atoms with E-state index in [9.17, 15) is 0 Å². The van der Waals surface area contributed by atoms with Crippen LogP contribution in [0.5, 0.6) is 0 Å². The first-order valence-corrected chi connectivity index (χ1v) is 5.97. The summed E-state index contributed by atoms with van der Waals surface area (Å²) in [6.07, 6.45) is 0.975. The quantitative estimate of drug-likeness (QED) is 0.819. The number of nitrogen functional groups attached to an aromatic ring is 1. The molecule has 16 heavy (non-hydrogen) atoms. The minimum Gasteiger partial charge on any atom is -0.398 e. The van der Waals surface area contributed by atoms with Crippen molar-refractivity contribution in [1.29, 1.82) is 0 Å². The molecule has 88 valence electrons. The van der Waals surface area contributed by atoms with Crippen molar-refractivity contribution >= 4 is 17.3 Å². The highest BCUT2D eigenvalue weighted by atomic mass is 35.5. The summed E-state index contributed by atoms with van der Waals surface area (Å²) in [5, 5.41) is 0.702. The summed E-state index contributed by atoms with van der Waals surface area (Å²) in [5.74, 6) is 0. The molecule has 1 heterocycles. The Kier molecular flexibility index (Phi) is 4.04. The molecule has 1 aliphatic heterocycles. The number of anilines is 1. The number of halogens is 1. The lowest BCUT2D eigenvalue weighted by atomic mass is 10.1. The lowest BCUT2D eigenvalue weighted by Gasteiger charge is -2.26. The normalized spacial score (nSPS) is 17.6. The highest BCUT2D eigenvalue weighted by molar-refractivity contribution is 6.30. The van der Waals surface area contributed by atoms with E-state index in [0.29, 0.717) is 5.02 Å². The number of hydrogen-bond acceptors (Lipinski definition) is 3. The molecular formula is C12H17ClN2O. The third-order valence-corrected chi connectivity index (χ3v) is 3.14. The molecule has 0 bridgehead atoms. The summed E-state index contributed by atoms with van der Waals surface area (Å²) >= 11 is 5.86. The van der Waals surface area contributed by atoms with Crippen molar-refractivity contribution < 1.29 is 4.74 Å². The van der Waals surface area contributed by atoms with Crippen LogP contribution in [0.15, 0.2) is 18.2 Å². The molecule has 0 aromatic heterocycles. The molecule has 4 heteroatoms. The second-order valence-electron chi connectivity index (χ2n) is 4.05. The van der Waals surface area contributed by atoms with E-state index in [-0.39, 0.29) is 0 Å². The van der Waals surface area contributed by atoms with E-state index >= 15 is 0 Å². The van der Waals surface area contributed by atoms with Crippen LogP contribution < -0.4 is 5.73 Å². The van der Waals surface area contributed by atoms with Gasteiger partial charge in [0.1, 0.15) is 0 Å². The molecule has 0 unspecified atom stereocenters. The molecule has 0 saturated carbocycles. The number of hydrogen-bond donors (Lipinski definition) is 1. The molecule has 1 fully saturated rings. The SMILES string of the molecule is Nc1cc(Cl)ccc1CCN1CCOCC1. The summed E-state index contributed by atoms with van der Waals surface area (Å²) in [5.41, 5.74) is 7.88. The van der Waals surface area contributed by atoms with Gasteiger partial charge in [0.25, 0.3) is 0 Å². The maximum Gasteiger partial charge on any atom is 0.0594 e. The largest absolute Gasteiger partial charge is 0.398 e. The first kappa shape index (κ1) is 11.7. The summed E-state index contributed by atoms with van der Waals surface area (Å²) in [4.78, 5) is 2.40. The zero-order valence-corrected chi connectivity index (χ0v) is 10.0. The van der Waals surface area contributed by atoms with E-state index in [4.69, 9.17) is 22.1 Å². The first-order valence-electron chi connectivity index (χ1n) is 5.60. The van der Waals surface area contributed by atoms with Gasteiger partial charge in [-0.15, -0.1) is 0 Å². The summed E-state index contributed by atoms with van der Waals surface area (Å²) in [6.45, 7) is 4.77. The van der Waals surface area contributed by atoms with Crippen molar-refractivity contribution in [2.45, 2.75) is 6.42 Å². The molecule has 2 rings (SSSR count). The number of morpholine rings is 1. The first-order chi connectivity index (χ1) is 7.75. The van der Waals surface area contributed by atoms with Crippen molar-refractivity contribution in [3.63, 3.8) is 0 Å². The second kappa shape index (κ2) is 5.53. The lowest BCUT2D eigenvalue weighted by Crippen LogP contribution is -2.37. The number of benzene rings is 1. The Morgan fingerprint density at radius 2 is 2.06 bits per heavy atom. The van der Waals surface area contributed by atoms with Crippen molar-refractivity contribution in [1.82, 2.24) is 4.90 Å². The van der Waals surface area contributed by atoms with Crippen LogP contribution in [0.25, 0.3) is 0 Å². The summed E-state index contributed by atoms with van der Waals surface area (Å²) < 4.78 is 5.31. The van der Waals surface area contributed by atoms with Crippen LogP contribution in [0.4, 0.5) is 5.69 Å². The van der Waals surface area contributed by atoms with Gasteiger partial charge in [0, 0.05) is 30.3 Å². The van der Waals surface area contributed by atoms with Gasteiger partial charge in [-0.05, 0) is 24.1 Å². The minimum absolute atomic E-state index is 0.702. The van der Waals surface area contributed by atoms with Crippen molar-refractivity contribution in [2.24, 2.45) is 0 Å². The van der Waals surface area contributed by atoms with Crippen LogP contribution in [-0.4, -0.2) is 37.7 Å². The van der Waals surface area contributed by atoms with Gasteiger partial charge < -0.3 is 10.5 Å². The van der Waals surface area contributed by atoms with Crippen molar-refractivity contribution in [3.05, 3.63) is 28.8 Å². The second-order valence-corrected chi connectivity index (χ2v) is 4.48. The average Bonchev–Trinajstić information content (AvgIpc) is 2.29. The smallest absolute Gasteiger partial charge is 0.0594 e. The van der Waals surface area contributed by atoms with E-state index in [1.165, 1.54) is 5.56 Å². The van der Waals surface area contributed by atoms with Gasteiger partial charge >= 0.3 is 0 Å². The minimum atomic E-state index is 0.702. The van der Waals surface area contributed by atoms with Crippen LogP contribution >= 0.6 is 11.6 Å². The molecule has 0 atom stereocenters. The van der Waals surface area contributed by atoms with Gasteiger partial charge in [-0.3, -0.25) is 4.90 Å².